The Kier molecular flexibility index (Phi) is 4.44. The van der Waals surface area contributed by atoms with E-state index in [0.29, 0.717) is 0 Å². The third-order valence-electron chi connectivity index (χ3n) is 3.56. The minimum atomic E-state index is 0.211. The predicted octanol–water partition coefficient (Wildman–Crippen LogP) is 3.35. The summed E-state index contributed by atoms with van der Waals surface area (Å²) in [5.74, 6) is 0.497. The van der Waals surface area contributed by atoms with E-state index >= 15 is 0 Å². The van der Waals surface area contributed by atoms with E-state index in [4.69, 9.17) is 0 Å². The maximum atomic E-state index is 11.8. The molecule has 0 aromatic rings. The molecule has 1 saturated carbocycles. The first-order valence-corrected chi connectivity index (χ1v) is 7.24. The Bertz CT molecular complexity index is 261. The Morgan fingerprint density at radius 2 is 2.06 bits per heavy atom. The van der Waals surface area contributed by atoms with E-state index in [1.807, 2.05) is 0 Å². The van der Waals surface area contributed by atoms with Crippen molar-refractivity contribution in [3.8, 4) is 0 Å². The van der Waals surface area contributed by atoms with Crippen molar-refractivity contribution in [2.45, 2.75) is 47.0 Å². The maximum Gasteiger partial charge on any atom is 0.223 e. The van der Waals surface area contributed by atoms with Gasteiger partial charge in [-0.3, -0.25) is 4.79 Å². The lowest BCUT2D eigenvalue weighted by molar-refractivity contribution is -0.123. The quantitative estimate of drug-likeness (QED) is 0.747. The molecular formula is C13H24BrNO. The molecule has 0 aliphatic heterocycles. The molecule has 0 radical (unpaired) electrons. The van der Waals surface area contributed by atoms with Gasteiger partial charge < -0.3 is 5.32 Å². The van der Waals surface area contributed by atoms with E-state index < -0.39 is 0 Å². The zero-order valence-electron chi connectivity index (χ0n) is 10.9. The number of amides is 1. The highest BCUT2D eigenvalue weighted by molar-refractivity contribution is 9.09. The number of alkyl halides is 1. The number of carbonyl (C=O) groups is 1. The summed E-state index contributed by atoms with van der Waals surface area (Å²) in [6.07, 6.45) is 3.35. The van der Waals surface area contributed by atoms with Gasteiger partial charge in [-0.1, -0.05) is 43.6 Å². The van der Waals surface area contributed by atoms with E-state index in [9.17, 15) is 4.79 Å². The molecule has 2 nitrogen and oxygen atoms in total. The van der Waals surface area contributed by atoms with Gasteiger partial charge in [0, 0.05) is 17.8 Å². The topological polar surface area (TPSA) is 29.1 Å². The van der Waals surface area contributed by atoms with Gasteiger partial charge in [0.2, 0.25) is 5.91 Å². The van der Waals surface area contributed by atoms with Crippen molar-refractivity contribution in [1.82, 2.24) is 5.32 Å². The van der Waals surface area contributed by atoms with Crippen LogP contribution in [0.2, 0.25) is 0 Å². The van der Waals surface area contributed by atoms with E-state index in [0.717, 1.165) is 31.1 Å². The van der Waals surface area contributed by atoms with Gasteiger partial charge >= 0.3 is 0 Å². The molecule has 1 fully saturated rings. The fraction of sp³-hybridized carbons (Fsp3) is 0.923. The van der Waals surface area contributed by atoms with Crippen molar-refractivity contribution in [3.63, 3.8) is 0 Å². The third kappa shape index (κ3) is 4.08. The van der Waals surface area contributed by atoms with Crippen LogP contribution in [0.4, 0.5) is 0 Å². The molecule has 16 heavy (non-hydrogen) atoms. The molecular weight excluding hydrogens is 266 g/mol. The molecule has 0 spiro atoms. The molecule has 3 heteroatoms. The van der Waals surface area contributed by atoms with Crippen LogP contribution in [0, 0.1) is 16.7 Å². The average molecular weight is 290 g/mol. The first-order chi connectivity index (χ1) is 7.28. The first kappa shape index (κ1) is 14.0. The molecule has 0 aromatic carbocycles. The zero-order valence-corrected chi connectivity index (χ0v) is 12.5. The van der Waals surface area contributed by atoms with Gasteiger partial charge in [0.15, 0.2) is 0 Å². The SMILES string of the molecule is CC(C)(CCCBr)CNC(=O)C1CC1(C)C. The predicted molar refractivity (Wildman–Crippen MR) is 71.7 cm³/mol. The van der Waals surface area contributed by atoms with Crippen LogP contribution in [-0.2, 0) is 4.79 Å². The summed E-state index contributed by atoms with van der Waals surface area (Å²) < 4.78 is 0. The summed E-state index contributed by atoms with van der Waals surface area (Å²) in [5.41, 5.74) is 0.451. The van der Waals surface area contributed by atoms with Crippen molar-refractivity contribution in [3.05, 3.63) is 0 Å². The van der Waals surface area contributed by atoms with Gasteiger partial charge in [0.1, 0.15) is 0 Å². The number of carbonyl (C=O) groups excluding carboxylic acids is 1. The second-order valence-corrected chi connectivity index (χ2v) is 7.21. The summed E-state index contributed by atoms with van der Waals surface area (Å²) in [7, 11) is 0. The zero-order chi connectivity index (χ0) is 12.4. The largest absolute Gasteiger partial charge is 0.355 e. The molecule has 0 aromatic heterocycles. The van der Waals surface area contributed by atoms with E-state index in [-0.39, 0.29) is 22.7 Å². The van der Waals surface area contributed by atoms with Crippen molar-refractivity contribution in [2.75, 3.05) is 11.9 Å². The lowest BCUT2D eigenvalue weighted by Crippen LogP contribution is -2.35. The van der Waals surface area contributed by atoms with E-state index in [2.05, 4.69) is 48.9 Å². The monoisotopic (exact) mass is 289 g/mol. The first-order valence-electron chi connectivity index (χ1n) is 6.12. The second kappa shape index (κ2) is 5.07. The molecule has 94 valence electrons. The summed E-state index contributed by atoms with van der Waals surface area (Å²) in [6.45, 7) is 9.55. The van der Waals surface area contributed by atoms with Crippen LogP contribution < -0.4 is 5.32 Å². The number of halogens is 1. The van der Waals surface area contributed by atoms with Gasteiger partial charge in [0.25, 0.3) is 0 Å². The summed E-state index contributed by atoms with van der Waals surface area (Å²) in [5, 5.41) is 4.14. The standard InChI is InChI=1S/C13H24BrNO/c1-12(2,6-5-7-14)9-15-11(16)10-8-13(10,3)4/h10H,5-9H2,1-4H3,(H,15,16). The van der Waals surface area contributed by atoms with Crippen molar-refractivity contribution in [1.29, 1.82) is 0 Å². The Hall–Kier alpha value is -0.0500. The highest BCUT2D eigenvalue weighted by atomic mass is 79.9. The van der Waals surface area contributed by atoms with Gasteiger partial charge in [-0.15, -0.1) is 0 Å². The minimum Gasteiger partial charge on any atom is -0.355 e. The number of hydrogen-bond acceptors (Lipinski definition) is 1. The third-order valence-corrected chi connectivity index (χ3v) is 4.12. The van der Waals surface area contributed by atoms with Crippen molar-refractivity contribution in [2.24, 2.45) is 16.7 Å². The number of rotatable bonds is 6. The van der Waals surface area contributed by atoms with Gasteiger partial charge in [-0.05, 0) is 30.1 Å². The molecule has 0 heterocycles. The van der Waals surface area contributed by atoms with Crippen LogP contribution in [-0.4, -0.2) is 17.8 Å². The summed E-state index contributed by atoms with van der Waals surface area (Å²) in [4.78, 5) is 11.8. The maximum absolute atomic E-state index is 11.8. The molecule has 1 atom stereocenters. The van der Waals surface area contributed by atoms with E-state index in [1.54, 1.807) is 0 Å². The molecule has 0 saturated heterocycles. The molecule has 1 aliphatic carbocycles. The fourth-order valence-corrected chi connectivity index (χ4v) is 2.28. The Morgan fingerprint density at radius 3 is 2.50 bits per heavy atom. The minimum absolute atomic E-state index is 0.211. The molecule has 1 amide bonds. The molecule has 1 unspecified atom stereocenters. The highest BCUT2D eigenvalue weighted by Crippen LogP contribution is 2.51. The number of hydrogen-bond donors (Lipinski definition) is 1. The normalized spacial score (nSPS) is 22.9. The molecule has 0 bridgehead atoms. The van der Waals surface area contributed by atoms with Crippen LogP contribution >= 0.6 is 15.9 Å². The average Bonchev–Trinajstić information content (AvgIpc) is 2.81. The highest BCUT2D eigenvalue weighted by Gasteiger charge is 2.50. The lowest BCUT2D eigenvalue weighted by atomic mass is 9.88. The Labute approximate surface area is 108 Å². The summed E-state index contributed by atoms with van der Waals surface area (Å²) >= 11 is 3.44. The molecule has 1 N–H and O–H groups in total. The summed E-state index contributed by atoms with van der Waals surface area (Å²) in [6, 6.07) is 0. The lowest BCUT2D eigenvalue weighted by Gasteiger charge is -2.24. The molecule has 1 rings (SSSR count). The fourth-order valence-electron chi connectivity index (χ4n) is 2.00. The van der Waals surface area contributed by atoms with Crippen LogP contribution in [0.5, 0.6) is 0 Å². The smallest absolute Gasteiger partial charge is 0.223 e. The van der Waals surface area contributed by atoms with Crippen molar-refractivity contribution < 1.29 is 4.79 Å². The van der Waals surface area contributed by atoms with Gasteiger partial charge in [-0.2, -0.15) is 0 Å². The Morgan fingerprint density at radius 1 is 1.50 bits per heavy atom. The van der Waals surface area contributed by atoms with Crippen LogP contribution in [0.25, 0.3) is 0 Å². The van der Waals surface area contributed by atoms with Crippen molar-refractivity contribution >= 4 is 21.8 Å². The second-order valence-electron chi connectivity index (χ2n) is 6.42. The van der Waals surface area contributed by atoms with Gasteiger partial charge in [0.05, 0.1) is 0 Å². The van der Waals surface area contributed by atoms with Crippen LogP contribution in [0.15, 0.2) is 0 Å². The molecule has 1 aliphatic rings. The van der Waals surface area contributed by atoms with Crippen LogP contribution in [0.1, 0.15) is 47.0 Å². The van der Waals surface area contributed by atoms with E-state index in [1.165, 1.54) is 0 Å². The van der Waals surface area contributed by atoms with Gasteiger partial charge in [-0.25, -0.2) is 0 Å². The van der Waals surface area contributed by atoms with Crippen LogP contribution in [0.3, 0.4) is 0 Å². The number of nitrogens with one attached hydrogen (secondary N) is 1. The Balaban J connectivity index is 2.26.